The van der Waals surface area contributed by atoms with Crippen LogP contribution in [-0.2, 0) is 11.2 Å². The van der Waals surface area contributed by atoms with Crippen LogP contribution in [0.15, 0.2) is 24.3 Å². The predicted molar refractivity (Wildman–Crippen MR) is 131 cm³/mol. The maximum atomic E-state index is 12.7. The fourth-order valence-electron chi connectivity index (χ4n) is 3.77. The number of hydrogen-bond donors (Lipinski definition) is 0. The van der Waals surface area contributed by atoms with E-state index in [2.05, 4.69) is 38.6 Å². The topological polar surface area (TPSA) is 80.7 Å². The molecule has 0 saturated carbocycles. The summed E-state index contributed by atoms with van der Waals surface area (Å²) in [6, 6.07) is 7.23. The van der Waals surface area contributed by atoms with Crippen LogP contribution < -0.4 is 19.0 Å². The van der Waals surface area contributed by atoms with Gasteiger partial charge in [-0.2, -0.15) is 0 Å². The molecule has 1 aliphatic rings. The molecule has 4 rings (SSSR count). The van der Waals surface area contributed by atoms with E-state index in [1.807, 2.05) is 17.0 Å². The molecule has 1 aromatic carbocycles. The Labute approximate surface area is 206 Å². The molecule has 1 amide bonds. The molecule has 0 atom stereocenters. The molecule has 0 N–H and O–H groups in total. The van der Waals surface area contributed by atoms with Gasteiger partial charge >= 0.3 is 177 Å². The van der Waals surface area contributed by atoms with E-state index < -0.39 is 0 Å². The van der Waals surface area contributed by atoms with Crippen molar-refractivity contribution in [2.75, 3.05) is 44.8 Å². The molecule has 1 fully saturated rings. The first kappa shape index (κ1) is 23.8. The van der Waals surface area contributed by atoms with Crippen LogP contribution in [0.4, 0.5) is 5.82 Å². The summed E-state index contributed by atoms with van der Waals surface area (Å²) >= 11 is 4.10. The number of fused-ring (bicyclic) bond motifs is 1. The van der Waals surface area contributed by atoms with Crippen molar-refractivity contribution in [3.8, 4) is 11.5 Å². The van der Waals surface area contributed by atoms with Gasteiger partial charge in [0.05, 0.1) is 7.11 Å². The first-order valence-corrected chi connectivity index (χ1v) is 13.0. The number of ether oxygens (including phenoxy) is 2. The molecule has 8 nitrogen and oxygen atoms in total. The maximum absolute atomic E-state index is 12.7. The van der Waals surface area contributed by atoms with E-state index in [1.165, 1.54) is 12.8 Å². The van der Waals surface area contributed by atoms with E-state index in [9.17, 15) is 4.79 Å². The molecule has 0 spiro atoms. The monoisotopic (exact) mass is 529 g/mol. The minimum absolute atomic E-state index is 0.0157. The summed E-state index contributed by atoms with van der Waals surface area (Å²) in [5.41, 5.74) is 0.879. The van der Waals surface area contributed by atoms with Crippen LogP contribution in [0.2, 0.25) is 0 Å². The molecule has 0 aliphatic carbocycles. The van der Waals surface area contributed by atoms with E-state index in [0.29, 0.717) is 36.5 Å². The van der Waals surface area contributed by atoms with Crippen molar-refractivity contribution in [3.05, 3.63) is 29.3 Å². The van der Waals surface area contributed by atoms with Crippen molar-refractivity contribution < 1.29 is 14.3 Å². The van der Waals surface area contributed by atoms with Crippen molar-refractivity contribution in [2.45, 2.75) is 32.6 Å². The molecule has 3 aromatic rings. The van der Waals surface area contributed by atoms with Crippen LogP contribution in [0.1, 0.15) is 31.2 Å². The summed E-state index contributed by atoms with van der Waals surface area (Å²) in [6.45, 7) is 4.88. The van der Waals surface area contributed by atoms with E-state index in [0.717, 1.165) is 39.8 Å². The Morgan fingerprint density at radius 3 is 2.48 bits per heavy atom. The summed E-state index contributed by atoms with van der Waals surface area (Å²) in [5, 5.41) is 1.12. The molecule has 2 radical (unpaired) electrons. The number of aryl methyl sites for hydroxylation is 1. The summed E-state index contributed by atoms with van der Waals surface area (Å²) in [6.07, 6.45) is 4.54. The van der Waals surface area contributed by atoms with E-state index in [-0.39, 0.29) is 12.5 Å². The number of thiazole rings is 1. The molecule has 2 aromatic heterocycles. The number of amides is 1. The molecular weight excluding hydrogens is 501 g/mol. The molecule has 0 unspecified atom stereocenters. The Hall–Kier alpha value is -2.38. The standard InChI is InChI=1S/C23H28AsN5O3S/c1-3-4-5-6-18-25-20-21(26-23(24)27-22(20)33-18)29-13-11-28(12-14-29)19(30)15-32-17-9-7-16(31-2)8-10-17/h7-10H,3-6,11-15H2,1-2H3. The predicted octanol–water partition coefficient (Wildman–Crippen LogP) is 2.35. The zero-order valence-corrected chi connectivity index (χ0v) is 21.7. The summed E-state index contributed by atoms with van der Waals surface area (Å²) in [5.74, 6) is 2.26. The number of nitrogens with zero attached hydrogens (tertiary/aromatic N) is 5. The van der Waals surface area contributed by atoms with Gasteiger partial charge in [-0.3, -0.25) is 0 Å². The number of anilines is 1. The minimum atomic E-state index is -0.0157. The summed E-state index contributed by atoms with van der Waals surface area (Å²) in [4.78, 5) is 31.8. The van der Waals surface area contributed by atoms with Crippen LogP contribution >= 0.6 is 11.3 Å². The van der Waals surface area contributed by atoms with Crippen molar-refractivity contribution in [1.82, 2.24) is 19.9 Å². The second kappa shape index (κ2) is 11.2. The zero-order chi connectivity index (χ0) is 23.2. The third kappa shape index (κ3) is 5.95. The van der Waals surface area contributed by atoms with Crippen LogP contribution in [0.25, 0.3) is 10.3 Å². The average Bonchev–Trinajstić information content (AvgIpc) is 3.25. The molecular formula is C23H28AsN5O3S. The third-order valence-electron chi connectivity index (χ3n) is 5.62. The van der Waals surface area contributed by atoms with Gasteiger partial charge in [0, 0.05) is 0 Å². The average molecular weight is 529 g/mol. The van der Waals surface area contributed by atoms with E-state index in [1.54, 1.807) is 30.6 Å². The fraction of sp³-hybridized carbons (Fsp3) is 0.478. The molecule has 3 heterocycles. The fourth-order valence-corrected chi connectivity index (χ4v) is 5.30. The van der Waals surface area contributed by atoms with Gasteiger partial charge in [-0.15, -0.1) is 0 Å². The number of aromatic nitrogens is 3. The molecule has 174 valence electrons. The molecule has 10 heteroatoms. The Morgan fingerprint density at radius 1 is 1.06 bits per heavy atom. The number of methoxy groups -OCH3 is 1. The van der Waals surface area contributed by atoms with E-state index >= 15 is 0 Å². The number of unbranched alkanes of at least 4 members (excludes halogenated alkanes) is 2. The van der Waals surface area contributed by atoms with Gasteiger partial charge in [0.25, 0.3) is 0 Å². The molecule has 1 saturated heterocycles. The van der Waals surface area contributed by atoms with Gasteiger partial charge in [0.15, 0.2) is 0 Å². The Balaban J connectivity index is 1.36. The Bertz CT molecular complexity index is 1080. The number of benzene rings is 1. The van der Waals surface area contributed by atoms with Crippen molar-refractivity contribution in [2.24, 2.45) is 0 Å². The Kier molecular flexibility index (Phi) is 8.04. The molecule has 0 bridgehead atoms. The van der Waals surface area contributed by atoms with Crippen LogP contribution in [0.5, 0.6) is 11.5 Å². The van der Waals surface area contributed by atoms with Gasteiger partial charge < -0.3 is 4.74 Å². The van der Waals surface area contributed by atoms with Crippen molar-refractivity contribution in [3.63, 3.8) is 0 Å². The van der Waals surface area contributed by atoms with Crippen molar-refractivity contribution in [1.29, 1.82) is 0 Å². The number of rotatable bonds is 9. The summed E-state index contributed by atoms with van der Waals surface area (Å²) in [7, 11) is 1.62. The van der Waals surface area contributed by atoms with Crippen LogP contribution in [0.3, 0.4) is 0 Å². The van der Waals surface area contributed by atoms with E-state index in [4.69, 9.17) is 14.5 Å². The quantitative estimate of drug-likeness (QED) is 0.311. The van der Waals surface area contributed by atoms with Gasteiger partial charge in [0.2, 0.25) is 0 Å². The Morgan fingerprint density at radius 2 is 1.79 bits per heavy atom. The normalized spacial score (nSPS) is 14.0. The van der Waals surface area contributed by atoms with Gasteiger partial charge in [-0.1, -0.05) is 0 Å². The van der Waals surface area contributed by atoms with Crippen molar-refractivity contribution >= 4 is 54.9 Å². The third-order valence-corrected chi connectivity index (χ3v) is 7.05. The first-order chi connectivity index (χ1) is 16.1. The number of carbonyl (C=O) groups excluding carboxylic acids is 1. The van der Waals surface area contributed by atoms with Gasteiger partial charge in [-0.05, 0) is 12.1 Å². The number of hydrogen-bond acceptors (Lipinski definition) is 8. The first-order valence-electron chi connectivity index (χ1n) is 11.2. The number of piperazine rings is 1. The summed E-state index contributed by atoms with van der Waals surface area (Å²) < 4.78 is 11.5. The van der Waals surface area contributed by atoms with Gasteiger partial charge in [-0.25, -0.2) is 0 Å². The molecule has 1 aliphatic heterocycles. The second-order valence-electron chi connectivity index (χ2n) is 7.90. The van der Waals surface area contributed by atoms with Gasteiger partial charge in [0.1, 0.15) is 5.75 Å². The second-order valence-corrected chi connectivity index (χ2v) is 9.80. The SMILES string of the molecule is CCCCCc1nc2c(N3CCN(C(=O)COc4ccc(OC)cc4)CC3)nc([As])nc2s1. The number of carbonyl (C=O) groups is 1. The molecule has 33 heavy (non-hydrogen) atoms. The van der Waals surface area contributed by atoms with Crippen LogP contribution in [-0.4, -0.2) is 82.5 Å². The zero-order valence-electron chi connectivity index (χ0n) is 19.0. The van der Waals surface area contributed by atoms with Crippen LogP contribution in [0, 0.1) is 0 Å².